The Hall–Kier alpha value is -3.09. The minimum Gasteiger partial charge on any atom is -0.494 e. The van der Waals surface area contributed by atoms with E-state index in [4.69, 9.17) is 4.74 Å². The Morgan fingerprint density at radius 1 is 1.21 bits per heavy atom. The summed E-state index contributed by atoms with van der Waals surface area (Å²) < 4.78 is 8.88. The van der Waals surface area contributed by atoms with Gasteiger partial charge in [-0.2, -0.15) is 0 Å². The highest BCUT2D eigenvalue weighted by molar-refractivity contribution is 5.78. The second kappa shape index (κ2) is 6.19. The molecule has 2 aromatic carbocycles. The summed E-state index contributed by atoms with van der Waals surface area (Å²) in [6, 6.07) is 11.8. The normalized spacial score (nSPS) is 10.9. The molecule has 0 N–H and O–H groups in total. The zero-order valence-corrected chi connectivity index (χ0v) is 13.4. The Balaban J connectivity index is 2.14. The van der Waals surface area contributed by atoms with Crippen molar-refractivity contribution >= 4 is 16.6 Å². The molecule has 0 fully saturated rings. The Kier molecular flexibility index (Phi) is 4.07. The number of nitro groups is 1. The molecule has 124 valence electrons. The van der Waals surface area contributed by atoms with Crippen LogP contribution in [0.3, 0.4) is 0 Å². The fourth-order valence-corrected chi connectivity index (χ4v) is 2.78. The van der Waals surface area contributed by atoms with Crippen molar-refractivity contribution in [2.45, 2.75) is 13.5 Å². The smallest absolute Gasteiger partial charge is 0.274 e. The molecule has 24 heavy (non-hydrogen) atoms. The van der Waals surface area contributed by atoms with E-state index in [0.717, 1.165) is 5.52 Å². The Morgan fingerprint density at radius 3 is 2.67 bits per heavy atom. The highest BCUT2D eigenvalue weighted by atomic mass is 16.6. The number of non-ortho nitro benzene ring substituents is 1. The molecule has 3 aromatic rings. The van der Waals surface area contributed by atoms with Gasteiger partial charge >= 0.3 is 0 Å². The first kappa shape index (κ1) is 15.8. The van der Waals surface area contributed by atoms with Gasteiger partial charge in [0.2, 0.25) is 0 Å². The molecular formula is C17H17N3O4. The minimum absolute atomic E-state index is 0.00471. The molecule has 3 rings (SSSR count). The van der Waals surface area contributed by atoms with Crippen LogP contribution in [0, 0.1) is 10.1 Å². The second-order valence-corrected chi connectivity index (χ2v) is 5.39. The van der Waals surface area contributed by atoms with Gasteiger partial charge in [-0.05, 0) is 25.1 Å². The number of fused-ring (bicyclic) bond motifs is 1. The van der Waals surface area contributed by atoms with Gasteiger partial charge in [-0.15, -0.1) is 0 Å². The van der Waals surface area contributed by atoms with Crippen LogP contribution in [0.2, 0.25) is 0 Å². The van der Waals surface area contributed by atoms with Crippen LogP contribution >= 0.6 is 0 Å². The number of para-hydroxylation sites is 1. The van der Waals surface area contributed by atoms with E-state index in [1.54, 1.807) is 23.9 Å². The maximum atomic E-state index is 12.3. The Labute approximate surface area is 137 Å². The molecule has 0 atom stereocenters. The van der Waals surface area contributed by atoms with E-state index in [2.05, 4.69) is 0 Å². The highest BCUT2D eigenvalue weighted by Gasteiger charge is 2.15. The lowest BCUT2D eigenvalue weighted by molar-refractivity contribution is -0.384. The first-order chi connectivity index (χ1) is 11.5. The van der Waals surface area contributed by atoms with Gasteiger partial charge in [0.15, 0.2) is 0 Å². The predicted molar refractivity (Wildman–Crippen MR) is 90.5 cm³/mol. The van der Waals surface area contributed by atoms with Crippen LogP contribution in [0.15, 0.2) is 47.3 Å². The van der Waals surface area contributed by atoms with Crippen LogP contribution in [0.4, 0.5) is 5.69 Å². The molecule has 0 saturated heterocycles. The number of nitrogens with zero attached hydrogens (tertiary/aromatic N) is 3. The van der Waals surface area contributed by atoms with E-state index in [1.165, 1.54) is 16.8 Å². The first-order valence-electron chi connectivity index (χ1n) is 7.57. The monoisotopic (exact) mass is 327 g/mol. The van der Waals surface area contributed by atoms with Gasteiger partial charge in [0.05, 0.1) is 29.0 Å². The van der Waals surface area contributed by atoms with Crippen molar-refractivity contribution in [3.05, 3.63) is 68.5 Å². The summed E-state index contributed by atoms with van der Waals surface area (Å²) in [5, 5.41) is 11.7. The molecule has 7 heteroatoms. The average molecular weight is 327 g/mol. The van der Waals surface area contributed by atoms with Crippen LogP contribution in [-0.4, -0.2) is 20.9 Å². The van der Waals surface area contributed by atoms with Crippen LogP contribution in [-0.2, 0) is 13.6 Å². The van der Waals surface area contributed by atoms with Crippen molar-refractivity contribution < 1.29 is 9.66 Å². The van der Waals surface area contributed by atoms with Gasteiger partial charge in [0.25, 0.3) is 11.2 Å². The van der Waals surface area contributed by atoms with Gasteiger partial charge < -0.3 is 4.74 Å². The summed E-state index contributed by atoms with van der Waals surface area (Å²) in [6.45, 7) is 2.61. The van der Waals surface area contributed by atoms with Crippen molar-refractivity contribution in [1.82, 2.24) is 9.36 Å². The van der Waals surface area contributed by atoms with E-state index in [1.807, 2.05) is 25.1 Å². The molecule has 0 radical (unpaired) electrons. The predicted octanol–water partition coefficient (Wildman–Crippen LogP) is 2.70. The van der Waals surface area contributed by atoms with E-state index in [0.29, 0.717) is 29.9 Å². The maximum absolute atomic E-state index is 12.3. The van der Waals surface area contributed by atoms with Gasteiger partial charge in [-0.3, -0.25) is 24.3 Å². The lowest BCUT2D eigenvalue weighted by Crippen LogP contribution is -2.20. The quantitative estimate of drug-likeness (QED) is 0.533. The minimum atomic E-state index is -0.438. The second-order valence-electron chi connectivity index (χ2n) is 5.39. The third-order valence-electron chi connectivity index (χ3n) is 3.94. The summed E-state index contributed by atoms with van der Waals surface area (Å²) >= 11 is 0. The molecule has 0 aliphatic rings. The number of ether oxygens (including phenoxy) is 1. The van der Waals surface area contributed by atoms with Crippen LogP contribution < -0.4 is 10.3 Å². The molecule has 0 saturated carbocycles. The standard InChI is InChI=1S/C17H17N3O4/c1-3-24-16-9-8-13(20(22)23)10-12(16)11-19-15-7-5-4-6-14(15)17(21)18(19)2/h4-10H,3,11H2,1-2H3. The zero-order valence-electron chi connectivity index (χ0n) is 13.4. The fourth-order valence-electron chi connectivity index (χ4n) is 2.78. The summed E-state index contributed by atoms with van der Waals surface area (Å²) in [4.78, 5) is 23.0. The molecular weight excluding hydrogens is 310 g/mol. The third kappa shape index (κ3) is 2.64. The number of hydrogen-bond acceptors (Lipinski definition) is 4. The fraction of sp³-hybridized carbons (Fsp3) is 0.235. The van der Waals surface area contributed by atoms with Gasteiger partial charge in [0.1, 0.15) is 5.75 Å². The maximum Gasteiger partial charge on any atom is 0.274 e. The van der Waals surface area contributed by atoms with Crippen LogP contribution in [0.5, 0.6) is 5.75 Å². The van der Waals surface area contributed by atoms with E-state index < -0.39 is 4.92 Å². The average Bonchev–Trinajstić information content (AvgIpc) is 2.82. The van der Waals surface area contributed by atoms with Crippen molar-refractivity contribution in [3.8, 4) is 5.75 Å². The van der Waals surface area contributed by atoms with Gasteiger partial charge in [0, 0.05) is 24.7 Å². The van der Waals surface area contributed by atoms with E-state index in [-0.39, 0.29) is 11.2 Å². The van der Waals surface area contributed by atoms with Crippen molar-refractivity contribution in [2.75, 3.05) is 6.61 Å². The third-order valence-corrected chi connectivity index (χ3v) is 3.94. The van der Waals surface area contributed by atoms with Crippen molar-refractivity contribution in [1.29, 1.82) is 0 Å². The number of hydrogen-bond donors (Lipinski definition) is 0. The lowest BCUT2D eigenvalue weighted by atomic mass is 10.1. The van der Waals surface area contributed by atoms with Gasteiger partial charge in [-0.25, -0.2) is 0 Å². The summed E-state index contributed by atoms with van der Waals surface area (Å²) in [7, 11) is 1.68. The zero-order chi connectivity index (χ0) is 17.3. The first-order valence-corrected chi connectivity index (χ1v) is 7.57. The van der Waals surface area contributed by atoms with Crippen LogP contribution in [0.1, 0.15) is 12.5 Å². The summed E-state index contributed by atoms with van der Waals surface area (Å²) in [6.07, 6.45) is 0. The molecule has 0 bridgehead atoms. The largest absolute Gasteiger partial charge is 0.494 e. The van der Waals surface area contributed by atoms with E-state index >= 15 is 0 Å². The van der Waals surface area contributed by atoms with Crippen molar-refractivity contribution in [3.63, 3.8) is 0 Å². The van der Waals surface area contributed by atoms with Crippen molar-refractivity contribution in [2.24, 2.45) is 7.05 Å². The lowest BCUT2D eigenvalue weighted by Gasteiger charge is -2.13. The summed E-state index contributed by atoms with van der Waals surface area (Å²) in [5.41, 5.74) is 1.32. The molecule has 0 aliphatic heterocycles. The highest BCUT2D eigenvalue weighted by Crippen LogP contribution is 2.26. The Morgan fingerprint density at radius 2 is 1.96 bits per heavy atom. The molecule has 0 spiro atoms. The topological polar surface area (TPSA) is 79.3 Å². The number of aromatic nitrogens is 2. The van der Waals surface area contributed by atoms with E-state index in [9.17, 15) is 14.9 Å². The molecule has 1 aromatic heterocycles. The molecule has 0 aliphatic carbocycles. The number of benzene rings is 2. The van der Waals surface area contributed by atoms with Gasteiger partial charge in [-0.1, -0.05) is 12.1 Å². The molecule has 1 heterocycles. The van der Waals surface area contributed by atoms with Crippen LogP contribution in [0.25, 0.3) is 10.9 Å². The molecule has 0 unspecified atom stereocenters. The number of nitro benzene ring substituents is 1. The summed E-state index contributed by atoms with van der Waals surface area (Å²) in [5.74, 6) is 0.577. The molecule has 7 nitrogen and oxygen atoms in total. The Bertz CT molecular complexity index is 972. The molecule has 0 amide bonds. The number of rotatable bonds is 5. The SMILES string of the molecule is CCOc1ccc([N+](=O)[O-])cc1Cn1c2ccccc2c(=O)n1C.